The SMILES string of the molecule is CSC[C@H](C)NC(=O)C1C(Cl)=CC=CC1(C(N)=O)c1ccc(C(O)Cn2nc(C(F)(F)F)cc2C(F)(F)F)cc1C. The first-order valence-electron chi connectivity index (χ1n) is 12.1. The summed E-state index contributed by atoms with van der Waals surface area (Å²) < 4.78 is 79.3. The zero-order valence-electron chi connectivity index (χ0n) is 22.0. The Morgan fingerprint density at radius 3 is 2.41 bits per heavy atom. The molecule has 4 N–H and O–H groups in total. The van der Waals surface area contributed by atoms with Gasteiger partial charge in [-0.15, -0.1) is 0 Å². The summed E-state index contributed by atoms with van der Waals surface area (Å²) in [6.45, 7) is 2.36. The van der Waals surface area contributed by atoms with E-state index in [2.05, 4.69) is 10.4 Å². The Kier molecular flexibility index (Phi) is 9.60. The Bertz CT molecular complexity index is 1370. The average Bonchev–Trinajstić information content (AvgIpc) is 3.28. The third kappa shape index (κ3) is 6.75. The zero-order valence-corrected chi connectivity index (χ0v) is 23.5. The van der Waals surface area contributed by atoms with Crippen molar-refractivity contribution in [2.75, 3.05) is 12.0 Å². The lowest BCUT2D eigenvalue weighted by atomic mass is 9.65. The molecule has 0 aliphatic heterocycles. The molecule has 4 atom stereocenters. The summed E-state index contributed by atoms with van der Waals surface area (Å²) in [6, 6.07) is 3.61. The molecule has 15 heteroatoms. The smallest absolute Gasteiger partial charge is 0.386 e. The first-order valence-corrected chi connectivity index (χ1v) is 13.9. The number of amides is 2. The lowest BCUT2D eigenvalue weighted by molar-refractivity contribution is -0.145. The van der Waals surface area contributed by atoms with E-state index in [0.717, 1.165) is 0 Å². The number of primary amides is 1. The zero-order chi connectivity index (χ0) is 30.9. The van der Waals surface area contributed by atoms with E-state index >= 15 is 0 Å². The molecule has 224 valence electrons. The van der Waals surface area contributed by atoms with Gasteiger partial charge in [-0.1, -0.05) is 42.0 Å². The standard InChI is InChI=1S/C26H27ClF6N4O3S/c1-13-9-15(18(38)11-37-20(26(31,32)33)10-19(36-37)25(28,29)30)6-7-16(13)24(23(34)40)8-4-5-17(27)21(24)22(39)35-14(2)12-41-3/h4-10,14,18,21,38H,11-12H2,1-3H3,(H2,34,40)(H,35,39)/t14-,18?,21?,24?/m0/s1. The van der Waals surface area contributed by atoms with Crippen LogP contribution >= 0.6 is 23.4 Å². The molecule has 3 unspecified atom stereocenters. The van der Waals surface area contributed by atoms with E-state index in [4.69, 9.17) is 17.3 Å². The van der Waals surface area contributed by atoms with E-state index in [0.29, 0.717) is 11.3 Å². The summed E-state index contributed by atoms with van der Waals surface area (Å²) in [7, 11) is 0. The minimum atomic E-state index is -5.16. The molecular weight excluding hydrogens is 598 g/mol. The fourth-order valence-electron chi connectivity index (χ4n) is 4.80. The number of thioether (sulfide) groups is 1. The topological polar surface area (TPSA) is 110 Å². The van der Waals surface area contributed by atoms with Crippen LogP contribution in [0.4, 0.5) is 26.3 Å². The van der Waals surface area contributed by atoms with Gasteiger partial charge in [0.05, 0.1) is 18.6 Å². The monoisotopic (exact) mass is 624 g/mol. The Morgan fingerprint density at radius 1 is 1.22 bits per heavy atom. The van der Waals surface area contributed by atoms with Crippen molar-refractivity contribution >= 4 is 35.2 Å². The lowest BCUT2D eigenvalue weighted by Gasteiger charge is -2.38. The van der Waals surface area contributed by atoms with E-state index < -0.39 is 59.5 Å². The number of nitrogens with zero attached hydrogens (tertiary/aromatic N) is 2. The van der Waals surface area contributed by atoms with Gasteiger partial charge < -0.3 is 16.2 Å². The van der Waals surface area contributed by atoms with Crippen molar-refractivity contribution in [3.8, 4) is 0 Å². The van der Waals surface area contributed by atoms with Crippen molar-refractivity contribution in [1.82, 2.24) is 15.1 Å². The molecule has 1 heterocycles. The number of hydrogen-bond donors (Lipinski definition) is 3. The number of alkyl halides is 6. The highest BCUT2D eigenvalue weighted by molar-refractivity contribution is 7.98. The number of nitrogens with two attached hydrogens (primary N) is 1. The van der Waals surface area contributed by atoms with Crippen molar-refractivity contribution in [1.29, 1.82) is 0 Å². The van der Waals surface area contributed by atoms with Gasteiger partial charge in [0.1, 0.15) is 11.1 Å². The van der Waals surface area contributed by atoms with Gasteiger partial charge in [-0.05, 0) is 42.9 Å². The van der Waals surface area contributed by atoms with Gasteiger partial charge in [0.25, 0.3) is 0 Å². The maximum absolute atomic E-state index is 13.4. The maximum Gasteiger partial charge on any atom is 0.435 e. The van der Waals surface area contributed by atoms with Gasteiger partial charge in [0.2, 0.25) is 11.8 Å². The van der Waals surface area contributed by atoms with Crippen LogP contribution in [0.25, 0.3) is 0 Å². The molecule has 7 nitrogen and oxygen atoms in total. The fourth-order valence-corrected chi connectivity index (χ4v) is 5.73. The average molecular weight is 625 g/mol. The normalized spacial score (nSPS) is 20.9. The number of halogens is 7. The third-order valence-electron chi connectivity index (χ3n) is 6.61. The third-order valence-corrected chi connectivity index (χ3v) is 7.79. The molecule has 3 rings (SSSR count). The van der Waals surface area contributed by atoms with E-state index in [1.54, 1.807) is 6.92 Å². The first-order chi connectivity index (χ1) is 18.9. The number of rotatable bonds is 9. The number of nitrogens with one attached hydrogen (secondary N) is 1. The molecular formula is C26H27ClF6N4O3S. The van der Waals surface area contributed by atoms with Crippen molar-refractivity contribution in [2.24, 2.45) is 11.7 Å². The van der Waals surface area contributed by atoms with E-state index in [9.17, 15) is 41.0 Å². The quantitative estimate of drug-likeness (QED) is 0.345. The first kappa shape index (κ1) is 32.5. The maximum atomic E-state index is 13.4. The molecule has 0 fully saturated rings. The minimum Gasteiger partial charge on any atom is -0.386 e. The van der Waals surface area contributed by atoms with Crippen LogP contribution in [0.5, 0.6) is 0 Å². The number of aliphatic hydroxyl groups is 1. The molecule has 1 aliphatic carbocycles. The Labute approximate surface area is 240 Å². The van der Waals surface area contributed by atoms with Crippen LogP contribution in [0.1, 0.15) is 41.1 Å². The number of carbonyl (C=O) groups is 2. The van der Waals surface area contributed by atoms with E-state index in [1.807, 2.05) is 6.26 Å². The van der Waals surface area contributed by atoms with Gasteiger partial charge in [-0.3, -0.25) is 14.3 Å². The number of hydrogen-bond acceptors (Lipinski definition) is 5. The molecule has 0 spiro atoms. The molecule has 2 aromatic rings. The van der Waals surface area contributed by atoms with Crippen molar-refractivity contribution in [3.63, 3.8) is 0 Å². The van der Waals surface area contributed by atoms with Crippen LogP contribution in [0.3, 0.4) is 0 Å². The molecule has 1 aromatic heterocycles. The van der Waals surface area contributed by atoms with Gasteiger partial charge in [0, 0.05) is 22.9 Å². The van der Waals surface area contributed by atoms with E-state index in [1.165, 1.54) is 55.1 Å². The molecule has 0 bridgehead atoms. The second-order valence-electron chi connectivity index (χ2n) is 9.62. The van der Waals surface area contributed by atoms with Crippen molar-refractivity contribution in [3.05, 3.63) is 75.6 Å². The molecule has 1 aliphatic rings. The lowest BCUT2D eigenvalue weighted by Crippen LogP contribution is -2.54. The van der Waals surface area contributed by atoms with Gasteiger partial charge in [-0.2, -0.15) is 43.2 Å². The minimum absolute atomic E-state index is 0.0269. The summed E-state index contributed by atoms with van der Waals surface area (Å²) in [5.41, 5.74) is 1.26. The predicted molar refractivity (Wildman–Crippen MR) is 142 cm³/mol. The number of aromatic nitrogens is 2. The second kappa shape index (κ2) is 12.1. The molecule has 1 aromatic carbocycles. The summed E-state index contributed by atoms with van der Waals surface area (Å²) in [4.78, 5) is 26.4. The van der Waals surface area contributed by atoms with Crippen LogP contribution in [-0.2, 0) is 33.9 Å². The molecule has 0 radical (unpaired) electrons. The second-order valence-corrected chi connectivity index (χ2v) is 11.0. The number of aryl methyl sites for hydroxylation is 1. The number of allylic oxidation sites excluding steroid dienone is 2. The summed E-state index contributed by atoms with van der Waals surface area (Å²) in [6.07, 6.45) is -5.79. The fraction of sp³-hybridized carbons (Fsp3) is 0.423. The van der Waals surface area contributed by atoms with Crippen LogP contribution in [0.15, 0.2) is 47.5 Å². The number of benzene rings is 1. The van der Waals surface area contributed by atoms with Crippen LogP contribution in [0, 0.1) is 12.8 Å². The summed E-state index contributed by atoms with van der Waals surface area (Å²) >= 11 is 7.94. The highest BCUT2D eigenvalue weighted by Gasteiger charge is 2.51. The highest BCUT2D eigenvalue weighted by Crippen LogP contribution is 2.44. The van der Waals surface area contributed by atoms with Crippen molar-refractivity contribution in [2.45, 2.75) is 50.3 Å². The van der Waals surface area contributed by atoms with E-state index in [-0.39, 0.29) is 32.9 Å². The Hall–Kier alpha value is -2.97. The molecule has 2 amide bonds. The highest BCUT2D eigenvalue weighted by atomic mass is 35.5. The number of aliphatic hydroxyl groups excluding tert-OH is 1. The molecule has 0 saturated carbocycles. The summed E-state index contributed by atoms with van der Waals surface area (Å²) in [5.74, 6) is -2.12. The molecule has 41 heavy (non-hydrogen) atoms. The Balaban J connectivity index is 2.01. The van der Waals surface area contributed by atoms with Gasteiger partial charge in [0.15, 0.2) is 5.69 Å². The van der Waals surface area contributed by atoms with Crippen LogP contribution < -0.4 is 11.1 Å². The largest absolute Gasteiger partial charge is 0.435 e. The van der Waals surface area contributed by atoms with Gasteiger partial charge in [-0.25, -0.2) is 0 Å². The summed E-state index contributed by atoms with van der Waals surface area (Å²) in [5, 5.41) is 16.6. The van der Waals surface area contributed by atoms with Crippen LogP contribution in [-0.4, -0.2) is 44.8 Å². The Morgan fingerprint density at radius 2 is 1.88 bits per heavy atom. The van der Waals surface area contributed by atoms with Crippen molar-refractivity contribution < 1.29 is 41.0 Å². The predicted octanol–water partition coefficient (Wildman–Crippen LogP) is 4.86. The van der Waals surface area contributed by atoms with Gasteiger partial charge >= 0.3 is 12.4 Å². The number of carbonyl (C=O) groups excluding carboxylic acids is 2. The van der Waals surface area contributed by atoms with Crippen LogP contribution in [0.2, 0.25) is 0 Å². The molecule has 0 saturated heterocycles.